The predicted molar refractivity (Wildman–Crippen MR) is 73.5 cm³/mol. The Morgan fingerprint density at radius 2 is 1.89 bits per heavy atom. The third kappa shape index (κ3) is 2.99. The maximum Gasteiger partial charge on any atom is 0.421 e. The molecule has 2 unspecified atom stereocenters. The lowest BCUT2D eigenvalue weighted by Gasteiger charge is -2.28. The van der Waals surface area contributed by atoms with Crippen LogP contribution in [0.3, 0.4) is 0 Å². The molecule has 0 heterocycles. The van der Waals surface area contributed by atoms with Crippen molar-refractivity contribution in [2.75, 3.05) is 0 Å². The first-order valence-corrected chi connectivity index (χ1v) is 6.78. The van der Waals surface area contributed by atoms with Crippen LogP contribution in [0, 0.1) is 3.57 Å². The molecule has 0 spiro atoms. The van der Waals surface area contributed by atoms with Gasteiger partial charge in [0.05, 0.1) is 0 Å². The number of rotatable bonds is 3. The quantitative estimate of drug-likeness (QED) is 0.771. The molecule has 0 aliphatic rings. The summed E-state index contributed by atoms with van der Waals surface area (Å²) in [5.74, 6) is 0.295. The van der Waals surface area contributed by atoms with Crippen LogP contribution in [0.1, 0.15) is 44.2 Å². The smallest absolute Gasteiger partial charge is 0.376 e. The van der Waals surface area contributed by atoms with Gasteiger partial charge >= 0.3 is 6.18 Å². The van der Waals surface area contributed by atoms with Gasteiger partial charge in [-0.15, -0.1) is 0 Å². The average molecular weight is 372 g/mol. The third-order valence-electron chi connectivity index (χ3n) is 3.25. The highest BCUT2D eigenvalue weighted by Crippen LogP contribution is 2.40. The van der Waals surface area contributed by atoms with Crippen molar-refractivity contribution in [1.82, 2.24) is 0 Å². The maximum atomic E-state index is 12.8. The van der Waals surface area contributed by atoms with Crippen LogP contribution in [0.25, 0.3) is 0 Å². The first-order chi connectivity index (χ1) is 8.11. The SMILES string of the molecule is CCC(C)c1ccc(C(C)(O)C(F)(F)F)c(I)c1. The fourth-order valence-electron chi connectivity index (χ4n) is 1.62. The summed E-state index contributed by atoms with van der Waals surface area (Å²) in [4.78, 5) is 0. The minimum absolute atomic E-state index is 0.0948. The van der Waals surface area contributed by atoms with Crippen LogP contribution in [-0.2, 0) is 5.60 Å². The van der Waals surface area contributed by atoms with Crippen LogP contribution in [0.5, 0.6) is 0 Å². The molecule has 1 N–H and O–H groups in total. The second-order valence-electron chi connectivity index (χ2n) is 4.62. The van der Waals surface area contributed by atoms with E-state index in [4.69, 9.17) is 0 Å². The van der Waals surface area contributed by atoms with Crippen molar-refractivity contribution in [2.24, 2.45) is 0 Å². The Labute approximate surface area is 119 Å². The molecule has 2 atom stereocenters. The van der Waals surface area contributed by atoms with Crippen LogP contribution in [-0.4, -0.2) is 11.3 Å². The molecule has 5 heteroatoms. The zero-order valence-electron chi connectivity index (χ0n) is 10.5. The number of halogens is 4. The monoisotopic (exact) mass is 372 g/mol. The molecule has 0 aliphatic heterocycles. The molecule has 0 radical (unpaired) electrons. The molecule has 1 rings (SSSR count). The molecular weight excluding hydrogens is 356 g/mol. The fourth-order valence-corrected chi connectivity index (χ4v) is 2.69. The summed E-state index contributed by atoms with van der Waals surface area (Å²) in [5.41, 5.74) is -1.91. The van der Waals surface area contributed by atoms with Crippen LogP contribution in [0.2, 0.25) is 0 Å². The molecule has 0 saturated carbocycles. The van der Waals surface area contributed by atoms with E-state index in [-0.39, 0.29) is 5.56 Å². The van der Waals surface area contributed by atoms with Gasteiger partial charge in [-0.2, -0.15) is 13.2 Å². The van der Waals surface area contributed by atoms with Crippen LogP contribution in [0.4, 0.5) is 13.2 Å². The van der Waals surface area contributed by atoms with Gasteiger partial charge in [-0.05, 0) is 53.5 Å². The molecule has 18 heavy (non-hydrogen) atoms. The number of aliphatic hydroxyl groups is 1. The van der Waals surface area contributed by atoms with E-state index < -0.39 is 11.8 Å². The lowest BCUT2D eigenvalue weighted by Crippen LogP contribution is -2.39. The molecule has 0 fully saturated rings. The zero-order chi connectivity index (χ0) is 14.1. The van der Waals surface area contributed by atoms with Crippen molar-refractivity contribution in [1.29, 1.82) is 0 Å². The first kappa shape index (κ1) is 15.8. The Balaban J connectivity index is 3.22. The summed E-state index contributed by atoms with van der Waals surface area (Å²) in [6.07, 6.45) is -3.75. The largest absolute Gasteiger partial charge is 0.421 e. The second kappa shape index (κ2) is 5.36. The molecule has 102 valence electrons. The van der Waals surface area contributed by atoms with Gasteiger partial charge in [-0.1, -0.05) is 26.0 Å². The lowest BCUT2D eigenvalue weighted by molar-refractivity contribution is -0.259. The number of benzene rings is 1. The van der Waals surface area contributed by atoms with Gasteiger partial charge in [0.1, 0.15) is 0 Å². The minimum Gasteiger partial charge on any atom is -0.376 e. The molecule has 1 aromatic carbocycles. The molecular formula is C13H16F3IO. The highest BCUT2D eigenvalue weighted by Gasteiger charge is 2.51. The zero-order valence-corrected chi connectivity index (χ0v) is 12.6. The molecule has 0 aromatic heterocycles. The van der Waals surface area contributed by atoms with Crippen molar-refractivity contribution in [3.8, 4) is 0 Å². The van der Waals surface area contributed by atoms with E-state index in [0.717, 1.165) is 18.9 Å². The Bertz CT molecular complexity index is 427. The van der Waals surface area contributed by atoms with Crippen molar-refractivity contribution in [3.05, 3.63) is 32.9 Å². The summed E-state index contributed by atoms with van der Waals surface area (Å²) < 4.78 is 38.8. The van der Waals surface area contributed by atoms with E-state index in [2.05, 4.69) is 0 Å². The van der Waals surface area contributed by atoms with E-state index in [1.165, 1.54) is 6.07 Å². The van der Waals surface area contributed by atoms with E-state index in [0.29, 0.717) is 9.49 Å². The van der Waals surface area contributed by atoms with Gasteiger partial charge in [0.25, 0.3) is 0 Å². The summed E-state index contributed by atoms with van der Waals surface area (Å²) in [5, 5.41) is 9.66. The van der Waals surface area contributed by atoms with Crippen molar-refractivity contribution in [3.63, 3.8) is 0 Å². The van der Waals surface area contributed by atoms with Gasteiger partial charge in [0.2, 0.25) is 0 Å². The summed E-state index contributed by atoms with van der Waals surface area (Å²) in [6, 6.07) is 4.74. The van der Waals surface area contributed by atoms with Crippen molar-refractivity contribution < 1.29 is 18.3 Å². The highest BCUT2D eigenvalue weighted by atomic mass is 127. The highest BCUT2D eigenvalue weighted by molar-refractivity contribution is 14.1. The number of alkyl halides is 3. The summed E-state index contributed by atoms with van der Waals surface area (Å²) >= 11 is 1.84. The Morgan fingerprint density at radius 3 is 2.28 bits per heavy atom. The molecule has 0 amide bonds. The van der Waals surface area contributed by atoms with Crippen LogP contribution >= 0.6 is 22.6 Å². The van der Waals surface area contributed by atoms with E-state index in [9.17, 15) is 18.3 Å². The molecule has 0 saturated heterocycles. The topological polar surface area (TPSA) is 20.2 Å². The standard InChI is InChI=1S/C13H16F3IO/c1-4-8(2)9-5-6-10(11(17)7-9)12(3,18)13(14,15)16/h5-8,18H,4H2,1-3H3. The van der Waals surface area contributed by atoms with E-state index in [1.54, 1.807) is 12.1 Å². The molecule has 1 aromatic rings. The van der Waals surface area contributed by atoms with Gasteiger partial charge in [0, 0.05) is 9.13 Å². The van der Waals surface area contributed by atoms with E-state index in [1.807, 2.05) is 36.4 Å². The average Bonchev–Trinajstić information content (AvgIpc) is 2.25. The van der Waals surface area contributed by atoms with Crippen LogP contribution in [0.15, 0.2) is 18.2 Å². The van der Waals surface area contributed by atoms with Gasteiger partial charge in [-0.3, -0.25) is 0 Å². The number of hydrogen-bond donors (Lipinski definition) is 1. The molecule has 1 nitrogen and oxygen atoms in total. The van der Waals surface area contributed by atoms with Gasteiger partial charge in [-0.25, -0.2) is 0 Å². The number of hydrogen-bond acceptors (Lipinski definition) is 1. The third-order valence-corrected chi connectivity index (χ3v) is 4.14. The Kier molecular flexibility index (Phi) is 4.70. The summed E-state index contributed by atoms with van der Waals surface area (Å²) in [6.45, 7) is 4.83. The van der Waals surface area contributed by atoms with Crippen molar-refractivity contribution in [2.45, 2.75) is 44.9 Å². The van der Waals surface area contributed by atoms with Gasteiger partial charge < -0.3 is 5.11 Å². The summed E-state index contributed by atoms with van der Waals surface area (Å²) in [7, 11) is 0. The van der Waals surface area contributed by atoms with Gasteiger partial charge in [0.15, 0.2) is 5.60 Å². The van der Waals surface area contributed by atoms with E-state index >= 15 is 0 Å². The van der Waals surface area contributed by atoms with Crippen molar-refractivity contribution >= 4 is 22.6 Å². The fraction of sp³-hybridized carbons (Fsp3) is 0.538. The molecule has 0 bridgehead atoms. The minimum atomic E-state index is -4.68. The first-order valence-electron chi connectivity index (χ1n) is 5.70. The maximum absolute atomic E-state index is 12.8. The normalized spacial score (nSPS) is 17.3. The second-order valence-corrected chi connectivity index (χ2v) is 5.78. The van der Waals surface area contributed by atoms with Crippen LogP contribution < -0.4 is 0 Å². The Hall–Kier alpha value is -0.300. The Morgan fingerprint density at radius 1 is 1.33 bits per heavy atom. The lowest BCUT2D eigenvalue weighted by atomic mass is 9.91. The molecule has 0 aliphatic carbocycles. The predicted octanol–water partition coefficient (Wildman–Crippen LogP) is 4.57.